The van der Waals surface area contributed by atoms with Gasteiger partial charge in [-0.1, -0.05) is 6.92 Å². The summed E-state index contributed by atoms with van der Waals surface area (Å²) in [6.07, 6.45) is 3.53. The number of nitriles is 1. The highest BCUT2D eigenvalue weighted by Crippen LogP contribution is 2.41. The molecule has 9 nitrogen and oxygen atoms in total. The smallest absolute Gasteiger partial charge is 0.228 e. The standard InChI is InChI=1S/C22H26N8O/c1-22(14-29(2)8-9-31)13-25-20-16(12-23)10-15(11-17(20)22)18-4-6-24-21(26-18)27-19-5-7-30(3)28-19/h4-7,10-11,25,31H,8-9,13-14H2,1-3H3,(H,24,26,27,28)/t22-/m1/s1. The van der Waals surface area contributed by atoms with Gasteiger partial charge in [-0.2, -0.15) is 10.4 Å². The second kappa shape index (κ2) is 8.34. The monoisotopic (exact) mass is 418 g/mol. The van der Waals surface area contributed by atoms with Gasteiger partial charge in [0.15, 0.2) is 5.82 Å². The maximum absolute atomic E-state index is 9.77. The number of aliphatic hydroxyl groups is 1. The van der Waals surface area contributed by atoms with Crippen LogP contribution >= 0.6 is 0 Å². The molecule has 3 heterocycles. The molecular weight excluding hydrogens is 392 g/mol. The Kier molecular flexibility index (Phi) is 5.59. The summed E-state index contributed by atoms with van der Waals surface area (Å²) < 4.78 is 1.70. The number of hydrogen-bond acceptors (Lipinski definition) is 8. The van der Waals surface area contributed by atoms with Crippen molar-refractivity contribution >= 4 is 17.5 Å². The van der Waals surface area contributed by atoms with E-state index in [0.717, 1.165) is 35.6 Å². The van der Waals surface area contributed by atoms with Crippen molar-refractivity contribution in [3.8, 4) is 17.3 Å². The molecule has 0 fully saturated rings. The van der Waals surface area contributed by atoms with Gasteiger partial charge in [0.2, 0.25) is 5.95 Å². The summed E-state index contributed by atoms with van der Waals surface area (Å²) in [4.78, 5) is 11.0. The highest BCUT2D eigenvalue weighted by Gasteiger charge is 2.37. The predicted octanol–water partition coefficient (Wildman–Crippen LogP) is 2.10. The molecule has 0 amide bonds. The molecular formula is C22H26N8O. The molecule has 3 N–H and O–H groups in total. The lowest BCUT2D eigenvalue weighted by molar-refractivity contribution is 0.198. The molecule has 160 valence electrons. The van der Waals surface area contributed by atoms with Gasteiger partial charge >= 0.3 is 0 Å². The van der Waals surface area contributed by atoms with Crippen molar-refractivity contribution in [3.63, 3.8) is 0 Å². The maximum atomic E-state index is 9.77. The Morgan fingerprint density at radius 1 is 1.39 bits per heavy atom. The zero-order valence-electron chi connectivity index (χ0n) is 17.9. The van der Waals surface area contributed by atoms with E-state index >= 15 is 0 Å². The largest absolute Gasteiger partial charge is 0.395 e. The van der Waals surface area contributed by atoms with Crippen LogP contribution in [-0.4, -0.2) is 63.0 Å². The molecule has 4 rings (SSSR count). The summed E-state index contributed by atoms with van der Waals surface area (Å²) in [6.45, 7) is 4.39. The number of likely N-dealkylation sites (N-methyl/N-ethyl adjacent to an activating group) is 1. The fourth-order valence-electron chi connectivity index (χ4n) is 4.09. The Balaban J connectivity index is 1.70. The molecule has 2 aromatic heterocycles. The predicted molar refractivity (Wildman–Crippen MR) is 119 cm³/mol. The van der Waals surface area contributed by atoms with Crippen LogP contribution < -0.4 is 10.6 Å². The van der Waals surface area contributed by atoms with Crippen molar-refractivity contribution in [3.05, 3.63) is 47.8 Å². The van der Waals surface area contributed by atoms with E-state index in [1.165, 1.54) is 0 Å². The highest BCUT2D eigenvalue weighted by molar-refractivity contribution is 5.76. The summed E-state index contributed by atoms with van der Waals surface area (Å²) in [6, 6.07) is 9.98. The van der Waals surface area contributed by atoms with E-state index in [-0.39, 0.29) is 12.0 Å². The number of aliphatic hydroxyl groups excluding tert-OH is 1. The summed E-state index contributed by atoms with van der Waals surface area (Å²) >= 11 is 0. The second-order valence-corrected chi connectivity index (χ2v) is 8.20. The van der Waals surface area contributed by atoms with E-state index in [1.54, 1.807) is 10.9 Å². The number of nitrogens with zero attached hydrogens (tertiary/aromatic N) is 6. The number of nitrogens with one attached hydrogen (secondary N) is 2. The average molecular weight is 419 g/mol. The molecule has 0 saturated carbocycles. The molecule has 31 heavy (non-hydrogen) atoms. The summed E-state index contributed by atoms with van der Waals surface area (Å²) in [5, 5.41) is 29.9. The van der Waals surface area contributed by atoms with Crippen molar-refractivity contribution in [1.29, 1.82) is 5.26 Å². The minimum atomic E-state index is -0.192. The van der Waals surface area contributed by atoms with Gasteiger partial charge in [-0.05, 0) is 30.8 Å². The van der Waals surface area contributed by atoms with Crippen LogP contribution in [0.2, 0.25) is 0 Å². The molecule has 9 heteroatoms. The normalized spacial score (nSPS) is 17.3. The van der Waals surface area contributed by atoms with Crippen molar-refractivity contribution in [2.24, 2.45) is 7.05 Å². The topological polar surface area (TPSA) is 115 Å². The lowest BCUT2D eigenvalue weighted by Gasteiger charge is -2.30. The Bertz CT molecular complexity index is 1130. The number of hydrogen-bond donors (Lipinski definition) is 3. The zero-order chi connectivity index (χ0) is 22.0. The number of aromatic nitrogens is 4. The van der Waals surface area contributed by atoms with Crippen LogP contribution in [0.3, 0.4) is 0 Å². The van der Waals surface area contributed by atoms with Crippen LogP contribution in [0.15, 0.2) is 36.7 Å². The molecule has 0 spiro atoms. The molecule has 1 aliphatic heterocycles. The van der Waals surface area contributed by atoms with Gasteiger partial charge in [-0.3, -0.25) is 4.68 Å². The first-order valence-corrected chi connectivity index (χ1v) is 10.1. The molecule has 1 atom stereocenters. The van der Waals surface area contributed by atoms with Crippen molar-refractivity contribution in [2.75, 3.05) is 43.9 Å². The number of aryl methyl sites for hydroxylation is 1. The van der Waals surface area contributed by atoms with E-state index in [0.29, 0.717) is 23.9 Å². The molecule has 0 radical (unpaired) electrons. The fourth-order valence-corrected chi connectivity index (χ4v) is 4.09. The SMILES string of the molecule is CN(CCO)C[C@@]1(C)CNc2c(C#N)cc(-c3ccnc(Nc4ccn(C)n4)n3)cc21. The van der Waals surface area contributed by atoms with Crippen molar-refractivity contribution in [1.82, 2.24) is 24.6 Å². The number of anilines is 3. The van der Waals surface area contributed by atoms with Gasteiger partial charge in [0.05, 0.1) is 23.6 Å². The summed E-state index contributed by atoms with van der Waals surface area (Å²) in [5.41, 5.74) is 3.96. The Morgan fingerprint density at radius 2 is 2.23 bits per heavy atom. The van der Waals surface area contributed by atoms with Crippen LogP contribution in [0.5, 0.6) is 0 Å². The molecule has 0 bridgehead atoms. The van der Waals surface area contributed by atoms with E-state index in [4.69, 9.17) is 0 Å². The molecule has 1 aromatic carbocycles. The third-order valence-corrected chi connectivity index (χ3v) is 5.57. The zero-order valence-corrected chi connectivity index (χ0v) is 17.9. The molecule has 0 unspecified atom stereocenters. The van der Waals surface area contributed by atoms with Gasteiger partial charge in [0.25, 0.3) is 0 Å². The van der Waals surface area contributed by atoms with Crippen molar-refractivity contribution < 1.29 is 5.11 Å². The Morgan fingerprint density at radius 3 is 2.94 bits per heavy atom. The number of benzene rings is 1. The number of fused-ring (bicyclic) bond motifs is 1. The van der Waals surface area contributed by atoms with Gasteiger partial charge in [-0.15, -0.1) is 0 Å². The lowest BCUT2D eigenvalue weighted by atomic mass is 9.82. The van der Waals surface area contributed by atoms with Gasteiger partial charge in [-0.25, -0.2) is 9.97 Å². The van der Waals surface area contributed by atoms with E-state index < -0.39 is 0 Å². The minimum Gasteiger partial charge on any atom is -0.395 e. The molecule has 0 aliphatic carbocycles. The van der Waals surface area contributed by atoms with Crippen LogP contribution in [0.1, 0.15) is 18.1 Å². The van der Waals surface area contributed by atoms with Crippen LogP contribution in [0.25, 0.3) is 11.3 Å². The quantitative estimate of drug-likeness (QED) is 0.534. The molecule has 3 aromatic rings. The molecule has 1 aliphatic rings. The Hall–Kier alpha value is -3.48. The highest BCUT2D eigenvalue weighted by atomic mass is 16.3. The third-order valence-electron chi connectivity index (χ3n) is 5.57. The second-order valence-electron chi connectivity index (χ2n) is 8.20. The maximum Gasteiger partial charge on any atom is 0.228 e. The summed E-state index contributed by atoms with van der Waals surface area (Å²) in [5.74, 6) is 1.11. The van der Waals surface area contributed by atoms with E-state index in [1.807, 2.05) is 38.5 Å². The number of rotatable bonds is 7. The van der Waals surface area contributed by atoms with E-state index in [2.05, 4.69) is 49.7 Å². The first kappa shape index (κ1) is 20.8. The van der Waals surface area contributed by atoms with E-state index in [9.17, 15) is 10.4 Å². The fraction of sp³-hybridized carbons (Fsp3) is 0.364. The Labute approximate surface area is 181 Å². The average Bonchev–Trinajstić information content (AvgIpc) is 3.30. The van der Waals surface area contributed by atoms with Crippen molar-refractivity contribution in [2.45, 2.75) is 12.3 Å². The van der Waals surface area contributed by atoms with Crippen LogP contribution in [-0.2, 0) is 12.5 Å². The van der Waals surface area contributed by atoms with Gasteiger partial charge in [0.1, 0.15) is 6.07 Å². The summed E-state index contributed by atoms with van der Waals surface area (Å²) in [7, 11) is 3.84. The lowest BCUT2D eigenvalue weighted by Crippen LogP contribution is -2.39. The van der Waals surface area contributed by atoms with Crippen LogP contribution in [0, 0.1) is 11.3 Å². The minimum absolute atomic E-state index is 0.114. The van der Waals surface area contributed by atoms with Gasteiger partial charge < -0.3 is 20.6 Å². The van der Waals surface area contributed by atoms with Crippen LogP contribution in [0.4, 0.5) is 17.5 Å². The first-order valence-electron chi connectivity index (χ1n) is 10.1. The molecule has 0 saturated heterocycles. The van der Waals surface area contributed by atoms with Gasteiger partial charge in [0, 0.05) is 56.1 Å². The first-order chi connectivity index (χ1) is 14.9. The third kappa shape index (κ3) is 4.21.